The molecule has 1 fully saturated rings. The molecule has 1 amide bonds. The van der Waals surface area contributed by atoms with E-state index < -0.39 is 11.6 Å². The van der Waals surface area contributed by atoms with Crippen molar-refractivity contribution >= 4 is 11.6 Å². The standard InChI is InChI=1S/C23H31F2N3O2/c1-14-21(26-22(29)16-6-8-17(9-7-16)23(3,4)5)15(2)28(27-14)13-30-20-11-10-18(24)12-19(20)25/h10-12,16-17H,6-9,13H2,1-5H3,(H,26,29). The summed E-state index contributed by atoms with van der Waals surface area (Å²) in [5.41, 5.74) is 2.35. The molecule has 1 aromatic carbocycles. The number of benzene rings is 1. The fourth-order valence-electron chi connectivity index (χ4n) is 4.17. The maximum Gasteiger partial charge on any atom is 0.227 e. The van der Waals surface area contributed by atoms with Crippen molar-refractivity contribution in [1.29, 1.82) is 0 Å². The summed E-state index contributed by atoms with van der Waals surface area (Å²) in [4.78, 5) is 12.8. The smallest absolute Gasteiger partial charge is 0.227 e. The van der Waals surface area contributed by atoms with E-state index in [1.165, 1.54) is 6.07 Å². The summed E-state index contributed by atoms with van der Waals surface area (Å²) < 4.78 is 33.8. The summed E-state index contributed by atoms with van der Waals surface area (Å²) in [6.45, 7) is 10.4. The zero-order valence-electron chi connectivity index (χ0n) is 18.4. The summed E-state index contributed by atoms with van der Waals surface area (Å²) in [5, 5.41) is 7.43. The van der Waals surface area contributed by atoms with Crippen molar-refractivity contribution in [2.24, 2.45) is 17.3 Å². The van der Waals surface area contributed by atoms with Gasteiger partial charge in [-0.2, -0.15) is 5.10 Å². The van der Waals surface area contributed by atoms with Crippen LogP contribution in [0.4, 0.5) is 14.5 Å². The molecule has 1 aromatic heterocycles. The van der Waals surface area contributed by atoms with Gasteiger partial charge in [0, 0.05) is 12.0 Å². The minimum atomic E-state index is -0.768. The Morgan fingerprint density at radius 1 is 1.20 bits per heavy atom. The minimum Gasteiger partial charge on any atom is -0.468 e. The van der Waals surface area contributed by atoms with Crippen molar-refractivity contribution in [1.82, 2.24) is 9.78 Å². The van der Waals surface area contributed by atoms with Gasteiger partial charge in [-0.1, -0.05) is 20.8 Å². The van der Waals surface area contributed by atoms with Crippen LogP contribution in [-0.4, -0.2) is 15.7 Å². The molecule has 3 rings (SSSR count). The number of halogens is 2. The molecule has 1 heterocycles. The van der Waals surface area contributed by atoms with Gasteiger partial charge in [-0.05, 0) is 63.0 Å². The summed E-state index contributed by atoms with van der Waals surface area (Å²) in [5.74, 6) is -0.792. The topological polar surface area (TPSA) is 56.1 Å². The first-order chi connectivity index (χ1) is 14.1. The Labute approximate surface area is 176 Å². The Bertz CT molecular complexity index is 910. The van der Waals surface area contributed by atoms with Gasteiger partial charge < -0.3 is 10.1 Å². The first kappa shape index (κ1) is 22.2. The molecule has 7 heteroatoms. The normalized spacial score (nSPS) is 19.6. The molecule has 1 aliphatic rings. The van der Waals surface area contributed by atoms with Crippen LogP contribution in [0.15, 0.2) is 18.2 Å². The lowest BCUT2D eigenvalue weighted by atomic mass is 9.69. The Balaban J connectivity index is 1.62. The van der Waals surface area contributed by atoms with Crippen LogP contribution in [0.2, 0.25) is 0 Å². The number of amides is 1. The maximum atomic E-state index is 13.8. The van der Waals surface area contributed by atoms with Crippen LogP contribution in [-0.2, 0) is 11.5 Å². The molecule has 1 N–H and O–H groups in total. The largest absolute Gasteiger partial charge is 0.468 e. The third-order valence-corrected chi connectivity index (χ3v) is 6.19. The molecule has 30 heavy (non-hydrogen) atoms. The van der Waals surface area contributed by atoms with Crippen molar-refractivity contribution in [2.45, 2.75) is 67.0 Å². The van der Waals surface area contributed by atoms with Crippen LogP contribution in [0.3, 0.4) is 0 Å². The number of nitrogens with one attached hydrogen (secondary N) is 1. The number of rotatable bonds is 5. The number of hydrogen-bond donors (Lipinski definition) is 1. The fraction of sp³-hybridized carbons (Fsp3) is 0.565. The summed E-state index contributed by atoms with van der Waals surface area (Å²) in [7, 11) is 0. The minimum absolute atomic E-state index is 0.00955. The zero-order chi connectivity index (χ0) is 22.1. The highest BCUT2D eigenvalue weighted by atomic mass is 19.1. The van der Waals surface area contributed by atoms with Crippen LogP contribution < -0.4 is 10.1 Å². The quantitative estimate of drug-likeness (QED) is 0.686. The lowest BCUT2D eigenvalue weighted by Crippen LogP contribution is -2.31. The van der Waals surface area contributed by atoms with Gasteiger partial charge in [-0.25, -0.2) is 13.5 Å². The monoisotopic (exact) mass is 419 g/mol. The molecule has 164 valence electrons. The second kappa shape index (κ2) is 8.74. The number of anilines is 1. The van der Waals surface area contributed by atoms with Gasteiger partial charge in [-0.3, -0.25) is 4.79 Å². The summed E-state index contributed by atoms with van der Waals surface area (Å²) in [6, 6.07) is 3.16. The van der Waals surface area contributed by atoms with Gasteiger partial charge in [0.25, 0.3) is 0 Å². The van der Waals surface area contributed by atoms with Crippen molar-refractivity contribution in [2.75, 3.05) is 5.32 Å². The highest BCUT2D eigenvalue weighted by molar-refractivity contribution is 5.93. The number of hydrogen-bond acceptors (Lipinski definition) is 3. The maximum absolute atomic E-state index is 13.8. The molecule has 1 aliphatic carbocycles. The van der Waals surface area contributed by atoms with Crippen LogP contribution in [0.1, 0.15) is 57.8 Å². The lowest BCUT2D eigenvalue weighted by Gasteiger charge is -2.36. The molecule has 0 spiro atoms. The number of nitrogens with zero attached hydrogens (tertiary/aromatic N) is 2. The van der Waals surface area contributed by atoms with Crippen molar-refractivity contribution in [3.8, 4) is 5.75 Å². The third-order valence-electron chi connectivity index (χ3n) is 6.19. The van der Waals surface area contributed by atoms with Gasteiger partial charge in [0.1, 0.15) is 5.82 Å². The van der Waals surface area contributed by atoms with Crippen LogP contribution in [0.5, 0.6) is 5.75 Å². The Morgan fingerprint density at radius 3 is 2.47 bits per heavy atom. The zero-order valence-corrected chi connectivity index (χ0v) is 18.4. The number of ether oxygens (including phenoxy) is 1. The first-order valence-electron chi connectivity index (χ1n) is 10.5. The molecular weight excluding hydrogens is 388 g/mol. The molecule has 0 atom stereocenters. The molecule has 0 aliphatic heterocycles. The Morgan fingerprint density at radius 2 is 1.87 bits per heavy atom. The van der Waals surface area contributed by atoms with Crippen LogP contribution >= 0.6 is 0 Å². The molecule has 2 aromatic rings. The first-order valence-corrected chi connectivity index (χ1v) is 10.5. The van der Waals surface area contributed by atoms with E-state index in [1.54, 1.807) is 4.68 Å². The molecule has 1 saturated carbocycles. The summed E-state index contributed by atoms with van der Waals surface area (Å²) >= 11 is 0. The van der Waals surface area contributed by atoms with Crippen LogP contribution in [0.25, 0.3) is 0 Å². The third kappa shape index (κ3) is 4.99. The van der Waals surface area contributed by atoms with Crippen molar-refractivity contribution < 1.29 is 18.3 Å². The van der Waals surface area contributed by atoms with E-state index in [0.29, 0.717) is 17.3 Å². The fourth-order valence-corrected chi connectivity index (χ4v) is 4.17. The molecule has 5 nitrogen and oxygen atoms in total. The van der Waals surface area contributed by atoms with E-state index in [2.05, 4.69) is 31.2 Å². The van der Waals surface area contributed by atoms with Crippen LogP contribution in [0, 0.1) is 42.7 Å². The molecule has 0 radical (unpaired) electrons. The highest BCUT2D eigenvalue weighted by Crippen LogP contribution is 2.40. The lowest BCUT2D eigenvalue weighted by molar-refractivity contribution is -0.121. The predicted octanol–water partition coefficient (Wildman–Crippen LogP) is 5.61. The molecule has 0 unspecified atom stereocenters. The van der Waals surface area contributed by atoms with Gasteiger partial charge in [0.15, 0.2) is 18.3 Å². The van der Waals surface area contributed by atoms with Gasteiger partial charge in [0.2, 0.25) is 5.91 Å². The van der Waals surface area contributed by atoms with Gasteiger partial charge in [0.05, 0.1) is 17.1 Å². The van der Waals surface area contributed by atoms with E-state index >= 15 is 0 Å². The average molecular weight is 420 g/mol. The highest BCUT2D eigenvalue weighted by Gasteiger charge is 2.32. The van der Waals surface area contributed by atoms with E-state index in [-0.39, 0.29) is 29.7 Å². The molecular formula is C23H31F2N3O2. The van der Waals surface area contributed by atoms with Gasteiger partial charge in [-0.15, -0.1) is 0 Å². The second-order valence-corrected chi connectivity index (χ2v) is 9.30. The average Bonchev–Trinajstić information content (AvgIpc) is 2.94. The number of carbonyl (C=O) groups excluding carboxylic acids is 1. The molecule has 0 saturated heterocycles. The van der Waals surface area contributed by atoms with E-state index in [0.717, 1.165) is 43.5 Å². The Hall–Kier alpha value is -2.44. The number of carbonyl (C=O) groups is 1. The predicted molar refractivity (Wildman–Crippen MR) is 112 cm³/mol. The SMILES string of the molecule is Cc1nn(COc2ccc(F)cc2F)c(C)c1NC(=O)C1CCC(C(C)(C)C)CC1. The number of aromatic nitrogens is 2. The van der Waals surface area contributed by atoms with E-state index in [1.807, 2.05) is 13.8 Å². The number of aryl methyl sites for hydroxylation is 1. The summed E-state index contributed by atoms with van der Waals surface area (Å²) in [6.07, 6.45) is 3.92. The van der Waals surface area contributed by atoms with E-state index in [9.17, 15) is 13.6 Å². The second-order valence-electron chi connectivity index (χ2n) is 9.30. The van der Waals surface area contributed by atoms with Crippen molar-refractivity contribution in [3.05, 3.63) is 41.2 Å². The van der Waals surface area contributed by atoms with Gasteiger partial charge >= 0.3 is 0 Å². The van der Waals surface area contributed by atoms with Crippen molar-refractivity contribution in [3.63, 3.8) is 0 Å². The Kier molecular flexibility index (Phi) is 6.48. The van der Waals surface area contributed by atoms with E-state index in [4.69, 9.17) is 4.74 Å². The molecule has 0 bridgehead atoms.